The number of carbonyl (C=O) groups excluding carboxylic acids is 1. The second kappa shape index (κ2) is 5.07. The van der Waals surface area contributed by atoms with Gasteiger partial charge in [0.15, 0.2) is 0 Å². The van der Waals surface area contributed by atoms with Crippen LogP contribution in [0.1, 0.15) is 10.4 Å². The highest BCUT2D eigenvalue weighted by molar-refractivity contribution is 5.94. The molecule has 0 saturated heterocycles. The molecule has 1 amide bonds. The number of nitrogens with two attached hydrogens (primary N) is 1. The van der Waals surface area contributed by atoms with E-state index in [9.17, 15) is 4.79 Å². The fourth-order valence-electron chi connectivity index (χ4n) is 2.02. The van der Waals surface area contributed by atoms with Crippen molar-refractivity contribution in [2.75, 3.05) is 0 Å². The molecule has 20 heavy (non-hydrogen) atoms. The first-order valence-electron chi connectivity index (χ1n) is 6.12. The van der Waals surface area contributed by atoms with E-state index in [1.54, 1.807) is 24.3 Å². The third-order valence-electron chi connectivity index (χ3n) is 2.99. The van der Waals surface area contributed by atoms with Gasteiger partial charge in [-0.3, -0.25) is 10.2 Å². The Balaban J connectivity index is 1.88. The molecule has 1 heterocycles. The Morgan fingerprint density at radius 3 is 2.80 bits per heavy atom. The maximum absolute atomic E-state index is 11.5. The number of carbonyl (C=O) groups is 1. The van der Waals surface area contributed by atoms with E-state index in [4.69, 9.17) is 10.6 Å². The van der Waals surface area contributed by atoms with Gasteiger partial charge in [-0.05, 0) is 42.5 Å². The van der Waals surface area contributed by atoms with Crippen molar-refractivity contribution in [3.8, 4) is 11.5 Å². The highest BCUT2D eigenvalue weighted by Gasteiger charge is 2.05. The van der Waals surface area contributed by atoms with Gasteiger partial charge in [-0.15, -0.1) is 0 Å². The summed E-state index contributed by atoms with van der Waals surface area (Å²) in [6.45, 7) is 0. The van der Waals surface area contributed by atoms with Crippen LogP contribution in [0.3, 0.4) is 0 Å². The largest absolute Gasteiger partial charge is 0.457 e. The van der Waals surface area contributed by atoms with Crippen LogP contribution >= 0.6 is 0 Å². The molecular formula is C15H13N3O2. The molecule has 0 aliphatic carbocycles. The Kier molecular flexibility index (Phi) is 3.10. The minimum atomic E-state index is -0.350. The van der Waals surface area contributed by atoms with E-state index in [2.05, 4.69) is 10.4 Å². The van der Waals surface area contributed by atoms with E-state index < -0.39 is 0 Å². The zero-order valence-electron chi connectivity index (χ0n) is 10.6. The van der Waals surface area contributed by atoms with Gasteiger partial charge in [0, 0.05) is 22.7 Å². The van der Waals surface area contributed by atoms with Crippen molar-refractivity contribution in [2.24, 2.45) is 5.84 Å². The van der Waals surface area contributed by atoms with Gasteiger partial charge in [-0.1, -0.05) is 6.07 Å². The summed E-state index contributed by atoms with van der Waals surface area (Å²) in [6.07, 6.45) is 1.88. The van der Waals surface area contributed by atoms with E-state index in [0.29, 0.717) is 17.1 Å². The number of aromatic amines is 1. The van der Waals surface area contributed by atoms with E-state index in [1.165, 1.54) is 0 Å². The minimum absolute atomic E-state index is 0.350. The highest BCUT2D eigenvalue weighted by Crippen LogP contribution is 2.25. The topological polar surface area (TPSA) is 80.1 Å². The van der Waals surface area contributed by atoms with Crippen LogP contribution < -0.4 is 16.0 Å². The minimum Gasteiger partial charge on any atom is -0.457 e. The Labute approximate surface area is 115 Å². The standard InChI is InChI=1S/C15H13N3O2/c16-18-15(19)11-2-1-3-12(9-11)20-13-4-5-14-10(8-13)6-7-17-14/h1-9,17H,16H2,(H,18,19). The molecule has 3 rings (SSSR count). The summed E-state index contributed by atoms with van der Waals surface area (Å²) in [4.78, 5) is 14.6. The van der Waals surface area contributed by atoms with E-state index in [1.807, 2.05) is 30.5 Å². The molecule has 100 valence electrons. The predicted molar refractivity (Wildman–Crippen MR) is 76.5 cm³/mol. The molecule has 0 radical (unpaired) electrons. The average molecular weight is 267 g/mol. The van der Waals surface area contributed by atoms with E-state index in [0.717, 1.165) is 10.9 Å². The molecule has 0 bridgehead atoms. The van der Waals surface area contributed by atoms with Crippen molar-refractivity contribution >= 4 is 16.8 Å². The number of nitrogens with one attached hydrogen (secondary N) is 2. The summed E-state index contributed by atoms with van der Waals surface area (Å²) in [5, 5.41) is 1.07. The maximum atomic E-state index is 11.5. The van der Waals surface area contributed by atoms with Crippen LogP contribution in [0.25, 0.3) is 10.9 Å². The van der Waals surface area contributed by atoms with Crippen LogP contribution in [0.5, 0.6) is 11.5 Å². The lowest BCUT2D eigenvalue weighted by atomic mass is 10.2. The molecule has 0 unspecified atom stereocenters. The Hall–Kier alpha value is -2.79. The van der Waals surface area contributed by atoms with Gasteiger partial charge in [-0.25, -0.2) is 5.84 Å². The third kappa shape index (κ3) is 2.34. The quantitative estimate of drug-likeness (QED) is 0.387. The fraction of sp³-hybridized carbons (Fsp3) is 0. The zero-order chi connectivity index (χ0) is 13.9. The smallest absolute Gasteiger partial charge is 0.265 e. The average Bonchev–Trinajstić information content (AvgIpc) is 2.94. The Morgan fingerprint density at radius 1 is 1.10 bits per heavy atom. The molecular weight excluding hydrogens is 254 g/mol. The van der Waals surface area contributed by atoms with Gasteiger partial charge in [0.1, 0.15) is 11.5 Å². The van der Waals surface area contributed by atoms with Crippen molar-refractivity contribution in [1.29, 1.82) is 0 Å². The third-order valence-corrected chi connectivity index (χ3v) is 2.99. The number of nitrogen functional groups attached to an aromatic ring is 1. The number of hydrogen-bond donors (Lipinski definition) is 3. The lowest BCUT2D eigenvalue weighted by Crippen LogP contribution is -2.29. The molecule has 4 N–H and O–H groups in total. The maximum Gasteiger partial charge on any atom is 0.265 e. The number of hydrazine groups is 1. The van der Waals surface area contributed by atoms with Crippen molar-refractivity contribution < 1.29 is 9.53 Å². The van der Waals surface area contributed by atoms with Gasteiger partial charge in [0.25, 0.3) is 5.91 Å². The summed E-state index contributed by atoms with van der Waals surface area (Å²) < 4.78 is 5.76. The molecule has 0 aliphatic heterocycles. The Bertz CT molecular complexity index is 764. The number of ether oxygens (including phenoxy) is 1. The number of H-pyrrole nitrogens is 1. The summed E-state index contributed by atoms with van der Waals surface area (Å²) in [5.41, 5.74) is 3.60. The molecule has 0 saturated carbocycles. The lowest BCUT2D eigenvalue weighted by Gasteiger charge is -2.07. The van der Waals surface area contributed by atoms with Crippen molar-refractivity contribution in [3.05, 3.63) is 60.3 Å². The monoisotopic (exact) mass is 267 g/mol. The first kappa shape index (κ1) is 12.3. The molecule has 0 fully saturated rings. The summed E-state index contributed by atoms with van der Waals surface area (Å²) in [6, 6.07) is 14.6. The molecule has 2 aromatic carbocycles. The summed E-state index contributed by atoms with van der Waals surface area (Å²) in [5.74, 6) is 6.06. The van der Waals surface area contributed by atoms with Crippen molar-refractivity contribution in [2.45, 2.75) is 0 Å². The highest BCUT2D eigenvalue weighted by atomic mass is 16.5. The van der Waals surface area contributed by atoms with E-state index in [-0.39, 0.29) is 5.91 Å². The SMILES string of the molecule is NNC(=O)c1cccc(Oc2ccc3[nH]ccc3c2)c1. The molecule has 0 aliphatic rings. The van der Waals surface area contributed by atoms with Gasteiger partial charge in [-0.2, -0.15) is 0 Å². The zero-order valence-corrected chi connectivity index (χ0v) is 10.6. The van der Waals surface area contributed by atoms with Gasteiger partial charge < -0.3 is 9.72 Å². The van der Waals surface area contributed by atoms with Crippen molar-refractivity contribution in [3.63, 3.8) is 0 Å². The van der Waals surface area contributed by atoms with Crippen LogP contribution in [0.2, 0.25) is 0 Å². The number of amides is 1. The summed E-state index contributed by atoms with van der Waals surface area (Å²) >= 11 is 0. The second-order valence-electron chi connectivity index (χ2n) is 4.33. The first-order valence-corrected chi connectivity index (χ1v) is 6.12. The Morgan fingerprint density at radius 2 is 1.95 bits per heavy atom. The van der Waals surface area contributed by atoms with Gasteiger partial charge in [0.2, 0.25) is 0 Å². The van der Waals surface area contributed by atoms with E-state index >= 15 is 0 Å². The normalized spacial score (nSPS) is 10.4. The number of benzene rings is 2. The predicted octanol–water partition coefficient (Wildman–Crippen LogP) is 2.56. The van der Waals surface area contributed by atoms with Crippen molar-refractivity contribution in [1.82, 2.24) is 10.4 Å². The summed E-state index contributed by atoms with van der Waals surface area (Å²) in [7, 11) is 0. The molecule has 1 aromatic heterocycles. The second-order valence-corrected chi connectivity index (χ2v) is 4.33. The molecule has 0 spiro atoms. The van der Waals surface area contributed by atoms with Gasteiger partial charge >= 0.3 is 0 Å². The number of rotatable bonds is 3. The van der Waals surface area contributed by atoms with Crippen LogP contribution in [-0.4, -0.2) is 10.9 Å². The van der Waals surface area contributed by atoms with Gasteiger partial charge in [0.05, 0.1) is 0 Å². The molecule has 5 heteroatoms. The molecule has 5 nitrogen and oxygen atoms in total. The van der Waals surface area contributed by atoms with Crippen LogP contribution in [-0.2, 0) is 0 Å². The fourth-order valence-corrected chi connectivity index (χ4v) is 2.02. The molecule has 3 aromatic rings. The number of fused-ring (bicyclic) bond motifs is 1. The van der Waals surface area contributed by atoms with Crippen LogP contribution in [0, 0.1) is 0 Å². The first-order chi connectivity index (χ1) is 9.76. The van der Waals surface area contributed by atoms with Crippen LogP contribution in [0.4, 0.5) is 0 Å². The molecule has 0 atom stereocenters. The van der Waals surface area contributed by atoms with Crippen LogP contribution in [0.15, 0.2) is 54.7 Å². The number of aromatic nitrogens is 1. The number of hydrogen-bond acceptors (Lipinski definition) is 3. The lowest BCUT2D eigenvalue weighted by molar-refractivity contribution is 0.0953.